The summed E-state index contributed by atoms with van der Waals surface area (Å²) in [4.78, 5) is 24.7. The first kappa shape index (κ1) is 11.4. The van der Waals surface area contributed by atoms with E-state index in [0.29, 0.717) is 12.3 Å². The van der Waals surface area contributed by atoms with E-state index in [9.17, 15) is 9.59 Å². The molecule has 0 aromatic rings. The van der Waals surface area contributed by atoms with Gasteiger partial charge in [-0.05, 0) is 32.1 Å². The van der Waals surface area contributed by atoms with E-state index in [0.717, 1.165) is 19.4 Å². The van der Waals surface area contributed by atoms with E-state index in [1.54, 1.807) is 0 Å². The number of carbonyl (C=O) groups excluding carboxylic acids is 1. The number of nitrogens with zero attached hydrogens (tertiary/aromatic N) is 1. The van der Waals surface area contributed by atoms with E-state index in [4.69, 9.17) is 5.11 Å². The summed E-state index contributed by atoms with van der Waals surface area (Å²) < 4.78 is 0. The van der Waals surface area contributed by atoms with Crippen LogP contribution < -0.4 is 0 Å². The summed E-state index contributed by atoms with van der Waals surface area (Å²) in [5.41, 5.74) is 0. The van der Waals surface area contributed by atoms with Crippen LogP contribution in [0.15, 0.2) is 0 Å². The quantitative estimate of drug-likeness (QED) is 0.771. The molecule has 1 N–H and O–H groups in total. The first-order valence-electron chi connectivity index (χ1n) is 6.05. The van der Waals surface area contributed by atoms with E-state index in [1.165, 1.54) is 0 Å². The number of aliphatic carboxylic acids is 1. The van der Waals surface area contributed by atoms with Crippen LogP contribution >= 0.6 is 0 Å². The Morgan fingerprint density at radius 2 is 1.94 bits per heavy atom. The molecule has 4 heteroatoms. The molecule has 1 saturated carbocycles. The molecule has 1 saturated heterocycles. The van der Waals surface area contributed by atoms with Crippen molar-refractivity contribution >= 4 is 11.9 Å². The molecule has 0 bridgehead atoms. The predicted molar refractivity (Wildman–Crippen MR) is 58.8 cm³/mol. The molecule has 16 heavy (non-hydrogen) atoms. The van der Waals surface area contributed by atoms with Crippen molar-refractivity contribution in [2.75, 3.05) is 6.54 Å². The average Bonchev–Trinajstić information content (AvgIpc) is 3.01. The third-order valence-electron chi connectivity index (χ3n) is 4.08. The van der Waals surface area contributed by atoms with Crippen LogP contribution in [0, 0.1) is 17.8 Å². The Morgan fingerprint density at radius 1 is 1.25 bits per heavy atom. The zero-order valence-corrected chi connectivity index (χ0v) is 9.85. The van der Waals surface area contributed by atoms with Crippen molar-refractivity contribution in [3.8, 4) is 0 Å². The van der Waals surface area contributed by atoms with E-state index < -0.39 is 11.9 Å². The Balaban J connectivity index is 1.97. The second-order valence-electron chi connectivity index (χ2n) is 5.18. The highest BCUT2D eigenvalue weighted by atomic mass is 16.4. The molecule has 2 unspecified atom stereocenters. The molecule has 1 aliphatic carbocycles. The van der Waals surface area contributed by atoms with Gasteiger partial charge >= 0.3 is 5.97 Å². The summed E-state index contributed by atoms with van der Waals surface area (Å²) in [5.74, 6) is -0.899. The normalized spacial score (nSPS) is 38.2. The Hall–Kier alpha value is -1.06. The molecule has 0 aromatic carbocycles. The molecule has 2 rings (SSSR count). The summed E-state index contributed by atoms with van der Waals surface area (Å²) >= 11 is 0. The fourth-order valence-electron chi connectivity index (χ4n) is 2.60. The van der Waals surface area contributed by atoms with Crippen LogP contribution in [0.5, 0.6) is 0 Å². The first-order chi connectivity index (χ1) is 7.52. The van der Waals surface area contributed by atoms with Gasteiger partial charge in [0.25, 0.3) is 0 Å². The molecule has 2 aliphatic rings. The molecular formula is C12H19NO3. The number of rotatable bonds is 2. The molecule has 4 nitrogen and oxygen atoms in total. The van der Waals surface area contributed by atoms with Gasteiger partial charge in [0.15, 0.2) is 0 Å². The molecule has 1 aliphatic heterocycles. The van der Waals surface area contributed by atoms with Crippen LogP contribution in [-0.4, -0.2) is 34.5 Å². The Kier molecular flexibility index (Phi) is 2.91. The molecule has 0 spiro atoms. The largest absolute Gasteiger partial charge is 0.481 e. The van der Waals surface area contributed by atoms with E-state index in [1.807, 2.05) is 4.90 Å². The van der Waals surface area contributed by atoms with Gasteiger partial charge in [0, 0.05) is 12.6 Å². The number of amides is 1. The van der Waals surface area contributed by atoms with Crippen molar-refractivity contribution in [3.05, 3.63) is 0 Å². The maximum atomic E-state index is 12.1. The number of hydrogen-bond donors (Lipinski definition) is 1. The van der Waals surface area contributed by atoms with E-state index in [2.05, 4.69) is 13.8 Å². The fourth-order valence-corrected chi connectivity index (χ4v) is 2.60. The molecule has 0 radical (unpaired) electrons. The highest BCUT2D eigenvalue weighted by molar-refractivity contribution is 5.89. The van der Waals surface area contributed by atoms with Gasteiger partial charge in [-0.25, -0.2) is 0 Å². The molecule has 2 fully saturated rings. The van der Waals surface area contributed by atoms with E-state index >= 15 is 0 Å². The Bertz CT molecular complexity index is 315. The standard InChI is InChI=1S/C12H19NO3/c1-7-4-3-5-13(8(7)2)11(14)9-6-10(9)12(15)16/h7-10H,3-6H2,1-2H3,(H,15,16)/t7?,8?,9-,10+/m1/s1. The van der Waals surface area contributed by atoms with Crippen LogP contribution in [0.4, 0.5) is 0 Å². The lowest BCUT2D eigenvalue weighted by molar-refractivity contribution is -0.143. The zero-order chi connectivity index (χ0) is 11.9. The van der Waals surface area contributed by atoms with Gasteiger partial charge < -0.3 is 10.0 Å². The first-order valence-corrected chi connectivity index (χ1v) is 6.05. The third kappa shape index (κ3) is 1.93. The van der Waals surface area contributed by atoms with Gasteiger partial charge in [0.05, 0.1) is 11.8 Å². The second kappa shape index (κ2) is 4.07. The number of piperidine rings is 1. The molecule has 1 amide bonds. The van der Waals surface area contributed by atoms with Crippen LogP contribution in [0.25, 0.3) is 0 Å². The fraction of sp³-hybridized carbons (Fsp3) is 0.833. The lowest BCUT2D eigenvalue weighted by atomic mass is 9.91. The van der Waals surface area contributed by atoms with Crippen molar-refractivity contribution in [1.29, 1.82) is 0 Å². The number of carboxylic acid groups (broad SMARTS) is 1. The lowest BCUT2D eigenvalue weighted by Gasteiger charge is -2.38. The minimum absolute atomic E-state index is 0.0615. The summed E-state index contributed by atoms with van der Waals surface area (Å²) in [6.45, 7) is 5.03. The Morgan fingerprint density at radius 3 is 2.50 bits per heavy atom. The predicted octanol–water partition coefficient (Wildman–Crippen LogP) is 1.35. The van der Waals surface area contributed by atoms with Gasteiger partial charge in [-0.2, -0.15) is 0 Å². The molecular weight excluding hydrogens is 206 g/mol. The molecule has 0 aromatic heterocycles. The van der Waals surface area contributed by atoms with Crippen LogP contribution in [0.1, 0.15) is 33.1 Å². The summed E-state index contributed by atoms with van der Waals surface area (Å²) in [6.07, 6.45) is 2.74. The van der Waals surface area contributed by atoms with Crippen molar-refractivity contribution in [3.63, 3.8) is 0 Å². The summed E-state index contributed by atoms with van der Waals surface area (Å²) in [5, 5.41) is 8.82. The monoisotopic (exact) mass is 225 g/mol. The van der Waals surface area contributed by atoms with Gasteiger partial charge in [-0.3, -0.25) is 9.59 Å². The number of carbonyl (C=O) groups is 2. The van der Waals surface area contributed by atoms with Gasteiger partial charge in [0.1, 0.15) is 0 Å². The maximum Gasteiger partial charge on any atom is 0.307 e. The zero-order valence-electron chi connectivity index (χ0n) is 9.85. The number of hydrogen-bond acceptors (Lipinski definition) is 2. The summed E-state index contributed by atoms with van der Waals surface area (Å²) in [7, 11) is 0. The van der Waals surface area contributed by atoms with E-state index in [-0.39, 0.29) is 17.9 Å². The maximum absolute atomic E-state index is 12.1. The molecule has 4 atom stereocenters. The highest BCUT2D eigenvalue weighted by Crippen LogP contribution is 2.41. The summed E-state index contributed by atoms with van der Waals surface area (Å²) in [6, 6.07) is 0.260. The number of carboxylic acids is 1. The van der Waals surface area contributed by atoms with Crippen LogP contribution in [-0.2, 0) is 9.59 Å². The van der Waals surface area contributed by atoms with Gasteiger partial charge in [-0.1, -0.05) is 6.92 Å². The van der Waals surface area contributed by atoms with Crippen LogP contribution in [0.3, 0.4) is 0 Å². The lowest BCUT2D eigenvalue weighted by Crippen LogP contribution is -2.47. The van der Waals surface area contributed by atoms with Gasteiger partial charge in [0.2, 0.25) is 5.91 Å². The SMILES string of the molecule is CC1CCCN(C(=O)[C@@H]2C[C@@H]2C(=O)O)C1C. The molecule has 1 heterocycles. The van der Waals surface area contributed by atoms with Crippen molar-refractivity contribution in [1.82, 2.24) is 4.90 Å². The van der Waals surface area contributed by atoms with Crippen molar-refractivity contribution in [2.24, 2.45) is 17.8 Å². The van der Waals surface area contributed by atoms with Crippen molar-refractivity contribution in [2.45, 2.75) is 39.2 Å². The highest BCUT2D eigenvalue weighted by Gasteiger charge is 2.50. The number of likely N-dealkylation sites (tertiary alicyclic amines) is 1. The van der Waals surface area contributed by atoms with Gasteiger partial charge in [-0.15, -0.1) is 0 Å². The minimum Gasteiger partial charge on any atom is -0.481 e. The smallest absolute Gasteiger partial charge is 0.307 e. The topological polar surface area (TPSA) is 57.6 Å². The Labute approximate surface area is 95.6 Å². The minimum atomic E-state index is -0.823. The second-order valence-corrected chi connectivity index (χ2v) is 5.18. The average molecular weight is 225 g/mol. The van der Waals surface area contributed by atoms with Crippen molar-refractivity contribution < 1.29 is 14.7 Å². The third-order valence-corrected chi connectivity index (χ3v) is 4.08. The molecule has 90 valence electrons. The van der Waals surface area contributed by atoms with Crippen LogP contribution in [0.2, 0.25) is 0 Å².